The van der Waals surface area contributed by atoms with Crippen LogP contribution in [0.15, 0.2) is 53.1 Å². The normalized spacial score (nSPS) is 10.8. The van der Waals surface area contributed by atoms with Gasteiger partial charge in [0.25, 0.3) is 0 Å². The molecule has 3 rings (SSSR count). The number of fused-ring (bicyclic) bond motifs is 1. The highest BCUT2D eigenvalue weighted by atomic mass is 79.9. The largest absolute Gasteiger partial charge is 0.478 e. The van der Waals surface area contributed by atoms with Crippen molar-refractivity contribution in [3.8, 4) is 0 Å². The monoisotopic (exact) mass is 330 g/mol. The van der Waals surface area contributed by atoms with Gasteiger partial charge >= 0.3 is 5.97 Å². The molecule has 20 heavy (non-hydrogen) atoms. The molecule has 0 saturated heterocycles. The molecule has 4 nitrogen and oxygen atoms in total. The fourth-order valence-corrected chi connectivity index (χ4v) is 2.37. The third-order valence-electron chi connectivity index (χ3n) is 3.13. The van der Waals surface area contributed by atoms with Gasteiger partial charge in [0.05, 0.1) is 23.8 Å². The fourth-order valence-electron chi connectivity index (χ4n) is 2.11. The number of carbonyl (C=O) groups is 1. The fraction of sp³-hybridized carbons (Fsp3) is 0.0667. The predicted octanol–water partition coefficient (Wildman–Crippen LogP) is 3.55. The van der Waals surface area contributed by atoms with Gasteiger partial charge < -0.3 is 5.11 Å². The molecule has 0 fully saturated rings. The Morgan fingerprint density at radius 3 is 2.65 bits per heavy atom. The molecule has 0 radical (unpaired) electrons. The van der Waals surface area contributed by atoms with E-state index < -0.39 is 5.97 Å². The maximum atomic E-state index is 10.9. The molecule has 0 aliphatic heterocycles. The van der Waals surface area contributed by atoms with E-state index in [0.29, 0.717) is 6.54 Å². The molecule has 2 aromatic carbocycles. The molecule has 0 atom stereocenters. The summed E-state index contributed by atoms with van der Waals surface area (Å²) in [5.74, 6) is -0.924. The van der Waals surface area contributed by atoms with Crippen LogP contribution in [-0.2, 0) is 6.54 Å². The van der Waals surface area contributed by atoms with E-state index in [0.717, 1.165) is 20.9 Å². The zero-order valence-electron chi connectivity index (χ0n) is 10.5. The first-order valence-electron chi connectivity index (χ1n) is 6.07. The number of rotatable bonds is 3. The highest BCUT2D eigenvalue weighted by Crippen LogP contribution is 2.18. The van der Waals surface area contributed by atoms with Crippen molar-refractivity contribution in [1.29, 1.82) is 0 Å². The molecular weight excluding hydrogens is 320 g/mol. The highest BCUT2D eigenvalue weighted by Gasteiger charge is 2.08. The lowest BCUT2D eigenvalue weighted by molar-refractivity contribution is 0.0697. The number of benzene rings is 2. The van der Waals surface area contributed by atoms with Crippen molar-refractivity contribution in [1.82, 2.24) is 9.78 Å². The van der Waals surface area contributed by atoms with Gasteiger partial charge in [0, 0.05) is 9.86 Å². The maximum absolute atomic E-state index is 10.9. The molecule has 3 aromatic rings. The van der Waals surface area contributed by atoms with Gasteiger partial charge in [-0.3, -0.25) is 4.68 Å². The van der Waals surface area contributed by atoms with E-state index in [1.807, 2.05) is 28.9 Å². The van der Waals surface area contributed by atoms with Crippen molar-refractivity contribution in [2.45, 2.75) is 6.54 Å². The Hall–Kier alpha value is -2.14. The van der Waals surface area contributed by atoms with Crippen LogP contribution in [0.2, 0.25) is 0 Å². The highest BCUT2D eigenvalue weighted by molar-refractivity contribution is 9.10. The zero-order chi connectivity index (χ0) is 14.1. The first kappa shape index (κ1) is 12.9. The van der Waals surface area contributed by atoms with Gasteiger partial charge in [0.1, 0.15) is 0 Å². The van der Waals surface area contributed by atoms with Crippen LogP contribution in [0.25, 0.3) is 10.9 Å². The summed E-state index contributed by atoms with van der Waals surface area (Å²) in [6, 6.07) is 13.1. The molecule has 1 N–H and O–H groups in total. The number of halogens is 1. The topological polar surface area (TPSA) is 55.1 Å². The number of hydrogen-bond acceptors (Lipinski definition) is 2. The van der Waals surface area contributed by atoms with E-state index in [4.69, 9.17) is 5.11 Å². The van der Waals surface area contributed by atoms with Gasteiger partial charge in [-0.2, -0.15) is 5.10 Å². The smallest absolute Gasteiger partial charge is 0.335 e. The van der Waals surface area contributed by atoms with Gasteiger partial charge in [-0.05, 0) is 35.9 Å². The van der Waals surface area contributed by atoms with Crippen molar-refractivity contribution >= 4 is 32.8 Å². The molecule has 100 valence electrons. The lowest BCUT2D eigenvalue weighted by atomic mass is 10.1. The molecule has 0 aliphatic rings. The molecule has 0 unspecified atom stereocenters. The Kier molecular flexibility index (Phi) is 3.28. The number of hydrogen-bond donors (Lipinski definition) is 1. The summed E-state index contributed by atoms with van der Waals surface area (Å²) < 4.78 is 2.90. The Morgan fingerprint density at radius 1 is 1.20 bits per heavy atom. The summed E-state index contributed by atoms with van der Waals surface area (Å²) in [7, 11) is 0. The number of nitrogens with zero attached hydrogens (tertiary/aromatic N) is 2. The summed E-state index contributed by atoms with van der Waals surface area (Å²) in [4.78, 5) is 10.9. The minimum atomic E-state index is -0.924. The second-order valence-corrected chi connectivity index (χ2v) is 5.42. The number of aromatic carboxylic acids is 1. The predicted molar refractivity (Wildman–Crippen MR) is 79.9 cm³/mol. The molecule has 1 heterocycles. The minimum absolute atomic E-state index is 0.278. The summed E-state index contributed by atoms with van der Waals surface area (Å²) >= 11 is 3.41. The van der Waals surface area contributed by atoms with E-state index in [9.17, 15) is 4.79 Å². The SMILES string of the molecule is O=C(O)c1ccc2c(cnn2Cc2ccc(Br)cc2)c1. The van der Waals surface area contributed by atoms with Crippen LogP contribution in [0, 0.1) is 0 Å². The van der Waals surface area contributed by atoms with E-state index in [1.54, 1.807) is 24.4 Å². The molecule has 1 aromatic heterocycles. The molecule has 0 spiro atoms. The van der Waals surface area contributed by atoms with Crippen LogP contribution in [0.4, 0.5) is 0 Å². The molecule has 0 bridgehead atoms. The summed E-state index contributed by atoms with van der Waals surface area (Å²) in [5, 5.41) is 14.1. The zero-order valence-corrected chi connectivity index (χ0v) is 12.0. The Balaban J connectivity index is 1.96. The van der Waals surface area contributed by atoms with Crippen molar-refractivity contribution in [3.05, 3.63) is 64.3 Å². The summed E-state index contributed by atoms with van der Waals surface area (Å²) in [5.41, 5.74) is 2.35. The van der Waals surface area contributed by atoms with Crippen molar-refractivity contribution < 1.29 is 9.90 Å². The van der Waals surface area contributed by atoms with Crippen LogP contribution in [0.3, 0.4) is 0 Å². The molecule has 5 heteroatoms. The van der Waals surface area contributed by atoms with Gasteiger partial charge in [-0.25, -0.2) is 4.79 Å². The molecule has 0 amide bonds. The van der Waals surface area contributed by atoms with Crippen molar-refractivity contribution in [2.75, 3.05) is 0 Å². The maximum Gasteiger partial charge on any atom is 0.335 e. The quantitative estimate of drug-likeness (QED) is 0.799. The Labute approximate surface area is 123 Å². The lowest BCUT2D eigenvalue weighted by Gasteiger charge is -2.04. The van der Waals surface area contributed by atoms with Crippen LogP contribution in [0.5, 0.6) is 0 Å². The van der Waals surface area contributed by atoms with Crippen LogP contribution >= 0.6 is 15.9 Å². The van der Waals surface area contributed by atoms with Crippen molar-refractivity contribution in [3.63, 3.8) is 0 Å². The van der Waals surface area contributed by atoms with Gasteiger partial charge in [-0.1, -0.05) is 28.1 Å². The second kappa shape index (κ2) is 5.09. The number of carboxylic acids is 1. The van der Waals surface area contributed by atoms with Crippen LogP contribution in [0.1, 0.15) is 15.9 Å². The Morgan fingerprint density at radius 2 is 1.95 bits per heavy atom. The van der Waals surface area contributed by atoms with Gasteiger partial charge in [-0.15, -0.1) is 0 Å². The summed E-state index contributed by atoms with van der Waals surface area (Å²) in [6.07, 6.45) is 1.70. The molecular formula is C15H11BrN2O2. The number of carboxylic acid groups (broad SMARTS) is 1. The van der Waals surface area contributed by atoms with Crippen molar-refractivity contribution in [2.24, 2.45) is 0 Å². The van der Waals surface area contributed by atoms with E-state index in [1.165, 1.54) is 0 Å². The van der Waals surface area contributed by atoms with Gasteiger partial charge in [0.15, 0.2) is 0 Å². The standard InChI is InChI=1S/C15H11BrN2O2/c16-13-4-1-10(2-5-13)9-18-14-6-3-11(15(19)20)7-12(14)8-17-18/h1-8H,9H2,(H,19,20). The van der Waals surface area contributed by atoms with E-state index in [2.05, 4.69) is 21.0 Å². The second-order valence-electron chi connectivity index (χ2n) is 4.51. The third-order valence-corrected chi connectivity index (χ3v) is 3.66. The molecule has 0 aliphatic carbocycles. The Bertz CT molecular complexity index is 778. The summed E-state index contributed by atoms with van der Waals surface area (Å²) in [6.45, 7) is 0.656. The average molecular weight is 331 g/mol. The lowest BCUT2D eigenvalue weighted by Crippen LogP contribution is -2.01. The first-order valence-corrected chi connectivity index (χ1v) is 6.86. The van der Waals surface area contributed by atoms with Crippen LogP contribution in [-0.4, -0.2) is 20.9 Å². The third kappa shape index (κ3) is 2.44. The average Bonchev–Trinajstić information content (AvgIpc) is 2.84. The van der Waals surface area contributed by atoms with Crippen LogP contribution < -0.4 is 0 Å². The number of aromatic nitrogens is 2. The van der Waals surface area contributed by atoms with Gasteiger partial charge in [0.2, 0.25) is 0 Å². The van der Waals surface area contributed by atoms with E-state index in [-0.39, 0.29) is 5.56 Å². The van der Waals surface area contributed by atoms with E-state index >= 15 is 0 Å². The first-order chi connectivity index (χ1) is 9.63. The molecule has 0 saturated carbocycles. The minimum Gasteiger partial charge on any atom is -0.478 e.